The first-order valence-electron chi connectivity index (χ1n) is 8.70. The summed E-state index contributed by atoms with van der Waals surface area (Å²) in [6.45, 7) is 4.59. The van der Waals surface area contributed by atoms with Gasteiger partial charge in [-0.2, -0.15) is 0 Å². The van der Waals surface area contributed by atoms with Crippen molar-refractivity contribution < 1.29 is 0 Å². The normalized spacial score (nSPS) is 16.7. The summed E-state index contributed by atoms with van der Waals surface area (Å²) in [6.07, 6.45) is 7.17. The van der Waals surface area contributed by atoms with Crippen molar-refractivity contribution >= 4 is 13.9 Å². The van der Waals surface area contributed by atoms with Crippen molar-refractivity contribution in [2.24, 2.45) is 0 Å². The minimum Gasteiger partial charge on any atom is -0.0865 e. The molecule has 0 heterocycles. The zero-order valence-electron chi connectivity index (χ0n) is 13.8. The summed E-state index contributed by atoms with van der Waals surface area (Å²) in [7, 11) is 0.968. The Labute approximate surface area is 137 Å². The van der Waals surface area contributed by atoms with E-state index in [2.05, 4.69) is 62.4 Å². The first kappa shape index (κ1) is 15.8. The fraction of sp³-hybridized carbons (Fsp3) is 0.429. The summed E-state index contributed by atoms with van der Waals surface area (Å²) in [5.74, 6) is 0.572. The Morgan fingerprint density at radius 1 is 0.818 bits per heavy atom. The van der Waals surface area contributed by atoms with Crippen LogP contribution in [0.2, 0.25) is 0 Å². The Morgan fingerprint density at radius 2 is 1.45 bits per heavy atom. The molecule has 0 N–H and O–H groups in total. The molecule has 0 aliphatic heterocycles. The third-order valence-electron chi connectivity index (χ3n) is 4.76. The molecule has 1 aliphatic rings. The van der Waals surface area contributed by atoms with E-state index >= 15 is 0 Å². The molecule has 3 rings (SSSR count). The lowest BCUT2D eigenvalue weighted by Gasteiger charge is -2.23. The van der Waals surface area contributed by atoms with Crippen LogP contribution >= 0.6 is 8.58 Å². The van der Waals surface area contributed by atoms with Gasteiger partial charge in [-0.05, 0) is 46.4 Å². The molecule has 1 saturated carbocycles. The molecular weight excluding hydrogens is 283 g/mol. The summed E-state index contributed by atoms with van der Waals surface area (Å²) in [5.41, 5.74) is 5.30. The van der Waals surface area contributed by atoms with Gasteiger partial charge in [-0.3, -0.25) is 0 Å². The summed E-state index contributed by atoms with van der Waals surface area (Å²) < 4.78 is 0. The SMILES string of the molecule is CC(C)c1ccccc1-c1ccccc1PC1CCCCC1. The Kier molecular flexibility index (Phi) is 5.32. The zero-order valence-corrected chi connectivity index (χ0v) is 14.8. The van der Waals surface area contributed by atoms with Gasteiger partial charge in [0.2, 0.25) is 0 Å². The maximum absolute atomic E-state index is 2.36. The average molecular weight is 310 g/mol. The lowest BCUT2D eigenvalue weighted by atomic mass is 9.93. The quantitative estimate of drug-likeness (QED) is 0.597. The molecule has 1 unspecified atom stereocenters. The minimum atomic E-state index is 0.572. The standard InChI is InChI=1S/C21H27P/c1-16(2)18-12-6-7-13-19(18)20-14-8-9-15-21(20)22-17-10-4-3-5-11-17/h6-9,12-17,22H,3-5,10-11H2,1-2H3. The van der Waals surface area contributed by atoms with E-state index in [9.17, 15) is 0 Å². The van der Waals surface area contributed by atoms with Gasteiger partial charge in [0.1, 0.15) is 0 Å². The summed E-state index contributed by atoms with van der Waals surface area (Å²) in [4.78, 5) is 0. The highest BCUT2D eigenvalue weighted by molar-refractivity contribution is 7.48. The molecule has 0 radical (unpaired) electrons. The molecular formula is C21H27P. The van der Waals surface area contributed by atoms with Crippen LogP contribution in [0.15, 0.2) is 48.5 Å². The van der Waals surface area contributed by atoms with E-state index in [1.165, 1.54) is 48.8 Å². The Bertz CT molecular complexity index is 609. The molecule has 116 valence electrons. The lowest BCUT2D eigenvalue weighted by molar-refractivity contribution is 0.514. The van der Waals surface area contributed by atoms with E-state index in [4.69, 9.17) is 0 Å². The van der Waals surface area contributed by atoms with Crippen LogP contribution in [0.5, 0.6) is 0 Å². The van der Waals surface area contributed by atoms with Gasteiger partial charge in [-0.25, -0.2) is 0 Å². The highest BCUT2D eigenvalue weighted by atomic mass is 31.1. The van der Waals surface area contributed by atoms with Gasteiger partial charge in [0.25, 0.3) is 0 Å². The van der Waals surface area contributed by atoms with Crippen LogP contribution in [0.4, 0.5) is 0 Å². The fourth-order valence-corrected chi connectivity index (χ4v) is 5.26. The molecule has 2 aromatic carbocycles. The monoisotopic (exact) mass is 310 g/mol. The topological polar surface area (TPSA) is 0 Å². The van der Waals surface area contributed by atoms with Gasteiger partial charge in [0, 0.05) is 0 Å². The van der Waals surface area contributed by atoms with Crippen molar-refractivity contribution in [2.75, 3.05) is 0 Å². The van der Waals surface area contributed by atoms with Gasteiger partial charge in [0.05, 0.1) is 0 Å². The van der Waals surface area contributed by atoms with Crippen molar-refractivity contribution in [2.45, 2.75) is 57.5 Å². The summed E-state index contributed by atoms with van der Waals surface area (Å²) in [6, 6.07) is 18.0. The van der Waals surface area contributed by atoms with Crippen LogP contribution in [0.25, 0.3) is 11.1 Å². The molecule has 0 spiro atoms. The second kappa shape index (κ2) is 7.42. The predicted octanol–water partition coefficient (Wildman–Crippen LogP) is 6.11. The van der Waals surface area contributed by atoms with Gasteiger partial charge in [0.15, 0.2) is 0 Å². The molecule has 0 saturated heterocycles. The van der Waals surface area contributed by atoms with E-state index < -0.39 is 0 Å². The minimum absolute atomic E-state index is 0.572. The van der Waals surface area contributed by atoms with Crippen LogP contribution in [-0.4, -0.2) is 5.66 Å². The van der Waals surface area contributed by atoms with E-state index in [1.54, 1.807) is 5.30 Å². The van der Waals surface area contributed by atoms with Crippen LogP contribution < -0.4 is 5.30 Å². The lowest BCUT2D eigenvalue weighted by Crippen LogP contribution is -2.12. The molecule has 2 aromatic rings. The smallest absolute Gasteiger partial charge is 0.0107 e. The maximum atomic E-state index is 2.36. The molecule has 1 aliphatic carbocycles. The van der Waals surface area contributed by atoms with Crippen LogP contribution in [0, 0.1) is 0 Å². The Balaban J connectivity index is 1.94. The number of rotatable bonds is 4. The fourth-order valence-electron chi connectivity index (χ4n) is 3.56. The van der Waals surface area contributed by atoms with Crippen molar-refractivity contribution in [3.63, 3.8) is 0 Å². The third-order valence-corrected chi connectivity index (χ3v) is 6.50. The van der Waals surface area contributed by atoms with Crippen molar-refractivity contribution in [3.8, 4) is 11.1 Å². The molecule has 1 fully saturated rings. The predicted molar refractivity (Wildman–Crippen MR) is 101 cm³/mol. The highest BCUT2D eigenvalue weighted by Crippen LogP contribution is 2.36. The van der Waals surface area contributed by atoms with E-state index in [-0.39, 0.29) is 0 Å². The van der Waals surface area contributed by atoms with Crippen molar-refractivity contribution in [1.29, 1.82) is 0 Å². The Morgan fingerprint density at radius 3 is 2.18 bits per heavy atom. The van der Waals surface area contributed by atoms with Gasteiger partial charge < -0.3 is 0 Å². The molecule has 1 atom stereocenters. The third kappa shape index (κ3) is 3.61. The van der Waals surface area contributed by atoms with Crippen LogP contribution in [-0.2, 0) is 0 Å². The van der Waals surface area contributed by atoms with E-state index in [0.29, 0.717) is 5.92 Å². The molecule has 0 bridgehead atoms. The van der Waals surface area contributed by atoms with Crippen molar-refractivity contribution in [3.05, 3.63) is 54.1 Å². The molecule has 22 heavy (non-hydrogen) atoms. The molecule has 1 heteroatoms. The van der Waals surface area contributed by atoms with Gasteiger partial charge in [-0.1, -0.05) is 90.2 Å². The number of hydrogen-bond acceptors (Lipinski definition) is 0. The van der Waals surface area contributed by atoms with Gasteiger partial charge >= 0.3 is 0 Å². The Hall–Kier alpha value is -1.13. The second-order valence-electron chi connectivity index (χ2n) is 6.77. The highest BCUT2D eigenvalue weighted by Gasteiger charge is 2.17. The second-order valence-corrected chi connectivity index (χ2v) is 8.41. The van der Waals surface area contributed by atoms with E-state index in [1.807, 2.05) is 0 Å². The molecule has 0 nitrogen and oxygen atoms in total. The largest absolute Gasteiger partial charge is 0.0865 e. The van der Waals surface area contributed by atoms with Crippen LogP contribution in [0.1, 0.15) is 57.4 Å². The molecule has 0 amide bonds. The number of hydrogen-bond donors (Lipinski definition) is 0. The first-order chi connectivity index (χ1) is 10.8. The average Bonchev–Trinajstić information content (AvgIpc) is 2.56. The van der Waals surface area contributed by atoms with E-state index in [0.717, 1.165) is 14.2 Å². The summed E-state index contributed by atoms with van der Waals surface area (Å²) in [5, 5.41) is 1.57. The summed E-state index contributed by atoms with van der Waals surface area (Å²) >= 11 is 0. The first-order valence-corrected chi connectivity index (χ1v) is 9.78. The van der Waals surface area contributed by atoms with Crippen molar-refractivity contribution in [1.82, 2.24) is 0 Å². The van der Waals surface area contributed by atoms with Gasteiger partial charge in [-0.15, -0.1) is 0 Å². The van der Waals surface area contributed by atoms with Crippen LogP contribution in [0.3, 0.4) is 0 Å². The molecule has 0 aromatic heterocycles. The number of benzene rings is 2. The zero-order chi connectivity index (χ0) is 15.4. The maximum Gasteiger partial charge on any atom is -0.0107 e.